The van der Waals surface area contributed by atoms with E-state index < -0.39 is 0 Å². The lowest BCUT2D eigenvalue weighted by Crippen LogP contribution is -2.48. The summed E-state index contributed by atoms with van der Waals surface area (Å²) in [6.45, 7) is 5.82. The van der Waals surface area contributed by atoms with E-state index in [0.29, 0.717) is 4.99 Å². The number of imidazole rings is 1. The van der Waals surface area contributed by atoms with Crippen molar-refractivity contribution in [3.05, 3.63) is 23.5 Å². The number of hydrogen-bond acceptors (Lipinski definition) is 5. The van der Waals surface area contributed by atoms with Crippen LogP contribution in [0.15, 0.2) is 17.8 Å². The minimum atomic E-state index is 0.586. The van der Waals surface area contributed by atoms with Crippen LogP contribution >= 0.6 is 23.6 Å². The number of nitrogens with zero attached hydrogens (tertiary/aromatic N) is 4. The van der Waals surface area contributed by atoms with Gasteiger partial charge in [0.15, 0.2) is 4.96 Å². The van der Waals surface area contributed by atoms with E-state index in [1.54, 1.807) is 11.3 Å². The van der Waals surface area contributed by atoms with Gasteiger partial charge in [-0.25, -0.2) is 4.98 Å². The van der Waals surface area contributed by atoms with Crippen molar-refractivity contribution >= 4 is 33.5 Å². The van der Waals surface area contributed by atoms with Crippen molar-refractivity contribution in [3.8, 4) is 0 Å². The SMILES string of the molecule is NC(=S)CN1CCN(Cc2cn3ccsc3n2)CC1. The summed E-state index contributed by atoms with van der Waals surface area (Å²) >= 11 is 6.62. The van der Waals surface area contributed by atoms with Crippen LogP contribution in [0.3, 0.4) is 0 Å². The van der Waals surface area contributed by atoms with E-state index in [1.807, 2.05) is 0 Å². The third-order valence-corrected chi connectivity index (χ3v) is 4.27. The summed E-state index contributed by atoms with van der Waals surface area (Å²) in [5.41, 5.74) is 6.73. The van der Waals surface area contributed by atoms with E-state index in [4.69, 9.17) is 18.0 Å². The molecule has 0 unspecified atom stereocenters. The van der Waals surface area contributed by atoms with Crippen LogP contribution in [0.2, 0.25) is 0 Å². The summed E-state index contributed by atoms with van der Waals surface area (Å²) in [6.07, 6.45) is 4.17. The molecular formula is C12H17N5S2. The van der Waals surface area contributed by atoms with Crippen LogP contribution in [0, 0.1) is 0 Å². The minimum absolute atomic E-state index is 0.586. The van der Waals surface area contributed by atoms with Crippen molar-refractivity contribution in [1.82, 2.24) is 19.2 Å². The zero-order valence-corrected chi connectivity index (χ0v) is 12.3. The first-order valence-electron chi connectivity index (χ1n) is 6.35. The highest BCUT2D eigenvalue weighted by Gasteiger charge is 2.18. The van der Waals surface area contributed by atoms with Gasteiger partial charge >= 0.3 is 0 Å². The first-order chi connectivity index (χ1) is 9.20. The zero-order chi connectivity index (χ0) is 13.2. The summed E-state index contributed by atoms with van der Waals surface area (Å²) < 4.78 is 2.09. The summed E-state index contributed by atoms with van der Waals surface area (Å²) in [7, 11) is 0. The van der Waals surface area contributed by atoms with Gasteiger partial charge in [0, 0.05) is 57.0 Å². The van der Waals surface area contributed by atoms with Gasteiger partial charge in [-0.05, 0) is 0 Å². The van der Waals surface area contributed by atoms with Gasteiger partial charge in [0.2, 0.25) is 0 Å². The number of nitrogens with two attached hydrogens (primary N) is 1. The van der Waals surface area contributed by atoms with Gasteiger partial charge in [-0.2, -0.15) is 0 Å². The molecule has 2 N–H and O–H groups in total. The molecule has 0 atom stereocenters. The quantitative estimate of drug-likeness (QED) is 0.846. The molecule has 0 saturated carbocycles. The third kappa shape index (κ3) is 3.11. The molecule has 0 aromatic carbocycles. The molecule has 0 bridgehead atoms. The Morgan fingerprint density at radius 2 is 2.05 bits per heavy atom. The Kier molecular flexibility index (Phi) is 3.79. The van der Waals surface area contributed by atoms with E-state index >= 15 is 0 Å². The average Bonchev–Trinajstić information content (AvgIpc) is 2.91. The van der Waals surface area contributed by atoms with Gasteiger partial charge in [-0.1, -0.05) is 12.2 Å². The molecule has 1 aliphatic rings. The molecule has 5 nitrogen and oxygen atoms in total. The molecule has 2 aromatic rings. The number of hydrogen-bond donors (Lipinski definition) is 1. The van der Waals surface area contributed by atoms with Gasteiger partial charge in [-0.15, -0.1) is 11.3 Å². The molecule has 102 valence electrons. The van der Waals surface area contributed by atoms with Crippen LogP contribution in [0.4, 0.5) is 0 Å². The predicted molar refractivity (Wildman–Crippen MR) is 81.6 cm³/mol. The Hall–Kier alpha value is -1.02. The first-order valence-corrected chi connectivity index (χ1v) is 7.63. The number of aromatic nitrogens is 2. The van der Waals surface area contributed by atoms with Crippen LogP contribution in [-0.2, 0) is 6.54 Å². The van der Waals surface area contributed by atoms with Crippen LogP contribution < -0.4 is 5.73 Å². The number of piperazine rings is 1. The van der Waals surface area contributed by atoms with Crippen molar-refractivity contribution in [3.63, 3.8) is 0 Å². The smallest absolute Gasteiger partial charge is 0.193 e. The molecule has 1 aliphatic heterocycles. The molecule has 7 heteroatoms. The molecule has 2 aromatic heterocycles. The maximum atomic E-state index is 5.58. The molecule has 3 rings (SSSR count). The Bertz CT molecular complexity index is 539. The zero-order valence-electron chi connectivity index (χ0n) is 10.7. The second-order valence-corrected chi connectivity index (χ2v) is 6.24. The molecule has 3 heterocycles. The van der Waals surface area contributed by atoms with E-state index in [0.717, 1.165) is 49.9 Å². The maximum absolute atomic E-state index is 5.58. The van der Waals surface area contributed by atoms with Crippen molar-refractivity contribution in [2.24, 2.45) is 5.73 Å². The van der Waals surface area contributed by atoms with Gasteiger partial charge in [0.05, 0.1) is 10.7 Å². The fraction of sp³-hybridized carbons (Fsp3) is 0.500. The summed E-state index contributed by atoms with van der Waals surface area (Å²) in [4.78, 5) is 11.0. The van der Waals surface area contributed by atoms with Crippen molar-refractivity contribution in [2.75, 3.05) is 32.7 Å². The van der Waals surface area contributed by atoms with Gasteiger partial charge in [0.25, 0.3) is 0 Å². The van der Waals surface area contributed by atoms with Crippen LogP contribution in [-0.4, -0.2) is 56.9 Å². The average molecular weight is 295 g/mol. The second kappa shape index (κ2) is 5.54. The van der Waals surface area contributed by atoms with Crippen molar-refractivity contribution in [1.29, 1.82) is 0 Å². The van der Waals surface area contributed by atoms with Crippen LogP contribution in [0.25, 0.3) is 4.96 Å². The minimum Gasteiger partial charge on any atom is -0.392 e. The van der Waals surface area contributed by atoms with E-state index in [9.17, 15) is 0 Å². The highest BCUT2D eigenvalue weighted by atomic mass is 32.1. The van der Waals surface area contributed by atoms with Gasteiger partial charge in [-0.3, -0.25) is 14.2 Å². The lowest BCUT2D eigenvalue weighted by molar-refractivity contribution is 0.139. The van der Waals surface area contributed by atoms with E-state index in [1.165, 1.54) is 0 Å². The lowest BCUT2D eigenvalue weighted by atomic mass is 10.3. The second-order valence-electron chi connectivity index (χ2n) is 4.84. The fourth-order valence-corrected chi connectivity index (χ4v) is 3.31. The third-order valence-electron chi connectivity index (χ3n) is 3.37. The largest absolute Gasteiger partial charge is 0.392 e. The normalized spacial score (nSPS) is 18.1. The number of fused-ring (bicyclic) bond motifs is 1. The first kappa shape index (κ1) is 13.0. The van der Waals surface area contributed by atoms with Crippen LogP contribution in [0.1, 0.15) is 5.69 Å². The number of thiocarbonyl (C=S) groups is 1. The summed E-state index contributed by atoms with van der Waals surface area (Å²) in [6, 6.07) is 0. The Morgan fingerprint density at radius 1 is 1.32 bits per heavy atom. The summed E-state index contributed by atoms with van der Waals surface area (Å²) in [5.74, 6) is 0. The lowest BCUT2D eigenvalue weighted by Gasteiger charge is -2.33. The Balaban J connectivity index is 1.54. The van der Waals surface area contributed by atoms with Crippen LogP contribution in [0.5, 0.6) is 0 Å². The maximum Gasteiger partial charge on any atom is 0.193 e. The molecule has 0 aliphatic carbocycles. The number of thiazole rings is 1. The van der Waals surface area contributed by atoms with E-state index in [2.05, 4.69) is 37.0 Å². The topological polar surface area (TPSA) is 49.8 Å². The molecule has 0 amide bonds. The highest BCUT2D eigenvalue weighted by Crippen LogP contribution is 2.13. The van der Waals surface area contributed by atoms with Crippen molar-refractivity contribution < 1.29 is 0 Å². The molecule has 0 radical (unpaired) electrons. The number of rotatable bonds is 4. The molecule has 1 saturated heterocycles. The predicted octanol–water partition coefficient (Wildman–Crippen LogP) is 0.799. The monoisotopic (exact) mass is 295 g/mol. The van der Waals surface area contributed by atoms with Crippen molar-refractivity contribution in [2.45, 2.75) is 6.54 Å². The Labute approximate surface area is 121 Å². The summed E-state index contributed by atoms with van der Waals surface area (Å²) in [5, 5.41) is 2.06. The van der Waals surface area contributed by atoms with Gasteiger partial charge < -0.3 is 5.73 Å². The standard InChI is InChI=1S/C12H17N5S2/c13-11(18)9-16-3-1-15(2-4-16)7-10-8-17-5-6-19-12(17)14-10/h5-6,8H,1-4,7,9H2,(H2,13,18). The Morgan fingerprint density at radius 3 is 2.74 bits per heavy atom. The molecular weight excluding hydrogens is 278 g/mol. The highest BCUT2D eigenvalue weighted by molar-refractivity contribution is 7.80. The molecule has 19 heavy (non-hydrogen) atoms. The fourth-order valence-electron chi connectivity index (χ4n) is 2.41. The van der Waals surface area contributed by atoms with Gasteiger partial charge in [0.1, 0.15) is 0 Å². The molecule has 0 spiro atoms. The molecule has 1 fully saturated rings. The van der Waals surface area contributed by atoms with E-state index in [-0.39, 0.29) is 0 Å².